The first kappa shape index (κ1) is 14.3. The maximum absolute atomic E-state index is 6.18. The van der Waals surface area contributed by atoms with Crippen LogP contribution in [0, 0.1) is 11.8 Å². The molecule has 2 aliphatic carbocycles. The van der Waals surface area contributed by atoms with Gasteiger partial charge < -0.3 is 5.73 Å². The number of nitrogens with zero attached hydrogens (tertiary/aromatic N) is 1. The van der Waals surface area contributed by atoms with E-state index in [0.717, 1.165) is 18.4 Å². The normalized spacial score (nSPS) is 33.7. The second kappa shape index (κ2) is 6.38. The number of hydrogen-bond donors (Lipinski definition) is 1. The van der Waals surface area contributed by atoms with E-state index in [4.69, 9.17) is 5.73 Å². The third-order valence-electron chi connectivity index (χ3n) is 5.39. The molecule has 106 valence electrons. The van der Waals surface area contributed by atoms with Crippen molar-refractivity contribution in [2.45, 2.75) is 70.3 Å². The van der Waals surface area contributed by atoms with E-state index >= 15 is 0 Å². The summed E-state index contributed by atoms with van der Waals surface area (Å²) >= 11 is 0. The lowest BCUT2D eigenvalue weighted by molar-refractivity contribution is 0.101. The lowest BCUT2D eigenvalue weighted by Crippen LogP contribution is -2.52. The highest BCUT2D eigenvalue weighted by Crippen LogP contribution is 2.38. The zero-order chi connectivity index (χ0) is 13.0. The van der Waals surface area contributed by atoms with Crippen LogP contribution in [0.2, 0.25) is 0 Å². The molecular formula is C16H32N2. The Morgan fingerprint density at radius 1 is 1.11 bits per heavy atom. The van der Waals surface area contributed by atoms with Crippen molar-refractivity contribution >= 4 is 0 Å². The summed E-state index contributed by atoms with van der Waals surface area (Å²) in [4.78, 5) is 2.62. The molecule has 2 saturated carbocycles. The lowest BCUT2D eigenvalue weighted by atomic mass is 9.87. The van der Waals surface area contributed by atoms with Crippen LogP contribution in [0.25, 0.3) is 0 Å². The zero-order valence-corrected chi connectivity index (χ0v) is 12.5. The van der Waals surface area contributed by atoms with E-state index in [-0.39, 0.29) is 0 Å². The molecule has 2 heteroatoms. The molecule has 2 aliphatic rings. The van der Waals surface area contributed by atoms with Crippen LogP contribution < -0.4 is 5.73 Å². The molecule has 0 bridgehead atoms. The first-order valence-corrected chi connectivity index (χ1v) is 8.11. The molecule has 0 heterocycles. The van der Waals surface area contributed by atoms with Gasteiger partial charge in [0.15, 0.2) is 0 Å². The van der Waals surface area contributed by atoms with Gasteiger partial charge in [-0.05, 0) is 51.0 Å². The summed E-state index contributed by atoms with van der Waals surface area (Å²) in [5.41, 5.74) is 6.51. The molecule has 0 radical (unpaired) electrons. The quantitative estimate of drug-likeness (QED) is 0.734. The standard InChI is InChI=1S/C16H32N2/c1-3-5-14-6-4-10-16(13-17,11-9-14)18(2)12-15-7-8-15/h14-15H,3-13,17H2,1-2H3. The predicted molar refractivity (Wildman–Crippen MR) is 78.6 cm³/mol. The number of likely N-dealkylation sites (N-methyl/N-ethyl adjacent to an activating group) is 1. The third kappa shape index (κ3) is 3.48. The van der Waals surface area contributed by atoms with Crippen LogP contribution in [0.4, 0.5) is 0 Å². The largest absolute Gasteiger partial charge is 0.329 e. The Morgan fingerprint density at radius 3 is 2.50 bits per heavy atom. The van der Waals surface area contributed by atoms with Crippen LogP contribution in [0.5, 0.6) is 0 Å². The molecule has 0 aromatic heterocycles. The molecule has 0 amide bonds. The summed E-state index contributed by atoms with van der Waals surface area (Å²) in [7, 11) is 2.32. The molecule has 18 heavy (non-hydrogen) atoms. The van der Waals surface area contributed by atoms with E-state index in [9.17, 15) is 0 Å². The van der Waals surface area contributed by atoms with Gasteiger partial charge in [-0.15, -0.1) is 0 Å². The van der Waals surface area contributed by atoms with Crippen molar-refractivity contribution in [1.82, 2.24) is 4.90 Å². The molecule has 0 aromatic rings. The first-order chi connectivity index (χ1) is 8.70. The summed E-state index contributed by atoms with van der Waals surface area (Å²) in [6.45, 7) is 4.46. The van der Waals surface area contributed by atoms with E-state index in [1.807, 2.05) is 0 Å². The van der Waals surface area contributed by atoms with Gasteiger partial charge in [-0.1, -0.05) is 32.6 Å². The van der Waals surface area contributed by atoms with Gasteiger partial charge in [-0.3, -0.25) is 4.90 Å². The molecule has 2 rings (SSSR count). The molecule has 0 aliphatic heterocycles. The van der Waals surface area contributed by atoms with Crippen molar-refractivity contribution < 1.29 is 0 Å². The smallest absolute Gasteiger partial charge is 0.0328 e. The van der Waals surface area contributed by atoms with Crippen LogP contribution in [-0.2, 0) is 0 Å². The maximum atomic E-state index is 6.18. The molecule has 2 unspecified atom stereocenters. The Bertz CT molecular complexity index is 249. The number of hydrogen-bond acceptors (Lipinski definition) is 2. The molecular weight excluding hydrogens is 220 g/mol. The van der Waals surface area contributed by atoms with E-state index in [0.29, 0.717) is 5.54 Å². The lowest BCUT2D eigenvalue weighted by Gasteiger charge is -2.41. The fourth-order valence-electron chi connectivity index (χ4n) is 3.78. The average Bonchev–Trinajstić information content (AvgIpc) is 3.17. The van der Waals surface area contributed by atoms with Crippen LogP contribution >= 0.6 is 0 Å². The van der Waals surface area contributed by atoms with Gasteiger partial charge in [-0.2, -0.15) is 0 Å². The fraction of sp³-hybridized carbons (Fsp3) is 1.00. The van der Waals surface area contributed by atoms with Crippen molar-refractivity contribution in [3.05, 3.63) is 0 Å². The van der Waals surface area contributed by atoms with E-state index in [2.05, 4.69) is 18.9 Å². The highest BCUT2D eigenvalue weighted by atomic mass is 15.2. The Hall–Kier alpha value is -0.0800. The predicted octanol–water partition coefficient (Wildman–Crippen LogP) is 3.41. The first-order valence-electron chi connectivity index (χ1n) is 8.11. The van der Waals surface area contributed by atoms with Gasteiger partial charge in [0, 0.05) is 18.6 Å². The van der Waals surface area contributed by atoms with Crippen molar-refractivity contribution in [3.63, 3.8) is 0 Å². The summed E-state index contributed by atoms with van der Waals surface area (Å²) in [6.07, 6.45) is 12.5. The Kier molecular flexibility index (Phi) is 5.08. The molecule has 0 spiro atoms. The number of rotatable bonds is 6. The van der Waals surface area contributed by atoms with Crippen LogP contribution in [-0.4, -0.2) is 30.6 Å². The summed E-state index contributed by atoms with van der Waals surface area (Å²) in [6, 6.07) is 0. The van der Waals surface area contributed by atoms with Crippen molar-refractivity contribution in [1.29, 1.82) is 0 Å². The SMILES string of the molecule is CCCC1CCCC(CN)(N(C)CC2CC2)CC1. The molecule has 2 N–H and O–H groups in total. The minimum Gasteiger partial charge on any atom is -0.329 e. The summed E-state index contributed by atoms with van der Waals surface area (Å²) in [5, 5.41) is 0. The highest BCUT2D eigenvalue weighted by Gasteiger charge is 2.37. The third-order valence-corrected chi connectivity index (χ3v) is 5.39. The Labute approximate surface area is 113 Å². The van der Waals surface area contributed by atoms with Crippen LogP contribution in [0.15, 0.2) is 0 Å². The topological polar surface area (TPSA) is 29.3 Å². The summed E-state index contributed by atoms with van der Waals surface area (Å²) in [5.74, 6) is 1.95. The number of nitrogens with two attached hydrogens (primary N) is 1. The zero-order valence-electron chi connectivity index (χ0n) is 12.5. The molecule has 2 nitrogen and oxygen atoms in total. The van der Waals surface area contributed by atoms with Crippen LogP contribution in [0.3, 0.4) is 0 Å². The minimum atomic E-state index is 0.324. The van der Waals surface area contributed by atoms with Crippen molar-refractivity contribution in [2.24, 2.45) is 17.6 Å². The van der Waals surface area contributed by atoms with Crippen LogP contribution in [0.1, 0.15) is 64.7 Å². The molecule has 0 aromatic carbocycles. The maximum Gasteiger partial charge on any atom is 0.0328 e. The van der Waals surface area contributed by atoms with Gasteiger partial charge in [0.2, 0.25) is 0 Å². The monoisotopic (exact) mass is 252 g/mol. The van der Waals surface area contributed by atoms with Gasteiger partial charge in [0.05, 0.1) is 0 Å². The molecule has 2 fully saturated rings. The molecule has 2 atom stereocenters. The van der Waals surface area contributed by atoms with Crippen molar-refractivity contribution in [2.75, 3.05) is 20.1 Å². The second-order valence-electron chi connectivity index (χ2n) is 6.84. The van der Waals surface area contributed by atoms with Gasteiger partial charge in [0.25, 0.3) is 0 Å². The Balaban J connectivity index is 1.93. The fourth-order valence-corrected chi connectivity index (χ4v) is 3.78. The van der Waals surface area contributed by atoms with E-state index in [1.54, 1.807) is 0 Å². The average molecular weight is 252 g/mol. The van der Waals surface area contributed by atoms with Gasteiger partial charge >= 0.3 is 0 Å². The Morgan fingerprint density at radius 2 is 1.89 bits per heavy atom. The van der Waals surface area contributed by atoms with Gasteiger partial charge in [0.1, 0.15) is 0 Å². The summed E-state index contributed by atoms with van der Waals surface area (Å²) < 4.78 is 0. The highest BCUT2D eigenvalue weighted by molar-refractivity contribution is 4.94. The molecule has 0 saturated heterocycles. The second-order valence-corrected chi connectivity index (χ2v) is 6.84. The van der Waals surface area contributed by atoms with Gasteiger partial charge in [-0.25, -0.2) is 0 Å². The minimum absolute atomic E-state index is 0.324. The van der Waals surface area contributed by atoms with Crippen molar-refractivity contribution in [3.8, 4) is 0 Å². The van der Waals surface area contributed by atoms with E-state index < -0.39 is 0 Å². The van der Waals surface area contributed by atoms with E-state index in [1.165, 1.54) is 64.3 Å².